The number of sulfone groups is 1. The third-order valence-electron chi connectivity index (χ3n) is 7.47. The van der Waals surface area contributed by atoms with Crippen LogP contribution < -0.4 is 0 Å². The van der Waals surface area contributed by atoms with Gasteiger partial charge in [-0.05, 0) is 28.5 Å². The van der Waals surface area contributed by atoms with Gasteiger partial charge in [0.2, 0.25) is 11.1 Å². The van der Waals surface area contributed by atoms with E-state index in [1.54, 1.807) is 13.2 Å². The molecule has 2 aliphatic heterocycles. The Kier molecular flexibility index (Phi) is 6.85. The van der Waals surface area contributed by atoms with Crippen LogP contribution in [0.15, 0.2) is 72.0 Å². The van der Waals surface area contributed by atoms with Crippen LogP contribution in [0.25, 0.3) is 0 Å². The highest BCUT2D eigenvalue weighted by molar-refractivity contribution is 7.98. The van der Waals surface area contributed by atoms with Gasteiger partial charge >= 0.3 is 5.97 Å². The number of ether oxygens (including phenoxy) is 1. The maximum Gasteiger partial charge on any atom is 0.331 e. The average molecular weight is 595 g/mol. The standard InChI is InChI=1S/C26H26N8O5S2/c1-26(16-33-14-19(27-30-33)15-40-25-28-29-31-32(25)2)23(34-20(35)13-21(34)41(26,37)38)24(36)39-22(17-9-5-3-6-10-17)18-11-7-4-8-12-18/h3-12,14,21-23H,13,15-16H2,1-2H3/t21-,23+,26+/m1/s1. The first-order chi connectivity index (χ1) is 19.7. The normalized spacial score (nSPS) is 22.9. The number of benzene rings is 2. The van der Waals surface area contributed by atoms with Crippen molar-refractivity contribution in [1.29, 1.82) is 0 Å². The molecule has 4 aromatic rings. The number of nitrogens with zero attached hydrogens (tertiary/aromatic N) is 8. The first kappa shape index (κ1) is 27.1. The Balaban J connectivity index is 1.29. The molecule has 13 nitrogen and oxygen atoms in total. The van der Waals surface area contributed by atoms with Gasteiger partial charge in [0.1, 0.15) is 10.1 Å². The number of hydrogen-bond donors (Lipinski definition) is 0. The fraction of sp³-hybridized carbons (Fsp3) is 0.346. The molecular formula is C26H26N8O5S2. The Morgan fingerprint density at radius 2 is 1.73 bits per heavy atom. The summed E-state index contributed by atoms with van der Waals surface area (Å²) in [5.74, 6) is -0.810. The SMILES string of the molecule is Cn1nnnc1SCc1cn(C[C@@]2(C)[C@H](C(=O)OC(c3ccccc3)c3ccccc3)N3C(=O)C[C@H]3S2(=O)=O)nn1. The minimum Gasteiger partial charge on any atom is -0.451 e. The number of amides is 1. The van der Waals surface area contributed by atoms with Gasteiger partial charge in [0.25, 0.3) is 0 Å². The lowest BCUT2D eigenvalue weighted by molar-refractivity contribution is -0.164. The Morgan fingerprint density at radius 1 is 1.07 bits per heavy atom. The number of β-lactam (4-membered cyclic amide) rings is 1. The number of carbonyl (C=O) groups excluding carboxylic acids is 2. The van der Waals surface area contributed by atoms with Gasteiger partial charge in [-0.25, -0.2) is 17.9 Å². The van der Waals surface area contributed by atoms with Crippen LogP contribution in [-0.4, -0.2) is 76.6 Å². The molecule has 2 aliphatic rings. The molecule has 41 heavy (non-hydrogen) atoms. The van der Waals surface area contributed by atoms with E-state index in [1.807, 2.05) is 60.7 Å². The Hall–Kier alpha value is -4.11. The van der Waals surface area contributed by atoms with Crippen molar-refractivity contribution in [3.8, 4) is 0 Å². The number of fused-ring (bicyclic) bond motifs is 1. The Labute approximate surface area is 239 Å². The smallest absolute Gasteiger partial charge is 0.331 e. The molecule has 1 amide bonds. The lowest BCUT2D eigenvalue weighted by Gasteiger charge is -2.37. The summed E-state index contributed by atoms with van der Waals surface area (Å²) in [6.45, 7) is 1.28. The van der Waals surface area contributed by atoms with Gasteiger partial charge in [0.15, 0.2) is 22.0 Å². The summed E-state index contributed by atoms with van der Waals surface area (Å²) in [4.78, 5) is 27.8. The molecule has 0 bridgehead atoms. The number of carbonyl (C=O) groups is 2. The molecular weight excluding hydrogens is 568 g/mol. The van der Waals surface area contributed by atoms with Crippen LogP contribution in [0.1, 0.15) is 36.3 Å². The molecule has 0 unspecified atom stereocenters. The molecule has 2 aromatic heterocycles. The minimum absolute atomic E-state index is 0.173. The van der Waals surface area contributed by atoms with Crippen molar-refractivity contribution >= 4 is 33.5 Å². The lowest BCUT2D eigenvalue weighted by Crippen LogP contribution is -2.58. The quantitative estimate of drug-likeness (QED) is 0.157. The second-order valence-corrected chi connectivity index (χ2v) is 13.6. The van der Waals surface area contributed by atoms with Crippen LogP contribution in [0.3, 0.4) is 0 Å². The van der Waals surface area contributed by atoms with Gasteiger partial charge in [-0.1, -0.05) is 77.6 Å². The van der Waals surface area contributed by atoms with Crippen molar-refractivity contribution < 1.29 is 22.7 Å². The van der Waals surface area contributed by atoms with Crippen LogP contribution in [-0.2, 0) is 43.5 Å². The van der Waals surface area contributed by atoms with E-state index in [4.69, 9.17) is 4.74 Å². The van der Waals surface area contributed by atoms with Crippen molar-refractivity contribution in [2.75, 3.05) is 0 Å². The molecule has 15 heteroatoms. The van der Waals surface area contributed by atoms with Crippen LogP contribution in [0.4, 0.5) is 0 Å². The summed E-state index contributed by atoms with van der Waals surface area (Å²) in [6.07, 6.45) is 0.652. The highest BCUT2D eigenvalue weighted by Gasteiger charge is 2.70. The van der Waals surface area contributed by atoms with Crippen LogP contribution in [0.5, 0.6) is 0 Å². The molecule has 6 rings (SSSR count). The second kappa shape index (κ2) is 10.4. The Morgan fingerprint density at radius 3 is 2.32 bits per heavy atom. The van der Waals surface area contributed by atoms with E-state index in [2.05, 4.69) is 25.8 Å². The summed E-state index contributed by atoms with van der Waals surface area (Å²) in [7, 11) is -2.26. The molecule has 0 radical (unpaired) electrons. The van der Waals surface area contributed by atoms with E-state index in [1.165, 1.54) is 28.0 Å². The first-order valence-corrected chi connectivity index (χ1v) is 15.3. The fourth-order valence-electron chi connectivity index (χ4n) is 5.32. The molecule has 0 saturated carbocycles. The average Bonchev–Trinajstić information content (AvgIpc) is 3.63. The van der Waals surface area contributed by atoms with Gasteiger partial charge in [0.05, 0.1) is 18.7 Å². The van der Waals surface area contributed by atoms with Crippen LogP contribution >= 0.6 is 11.8 Å². The van der Waals surface area contributed by atoms with Gasteiger partial charge < -0.3 is 9.64 Å². The zero-order valence-electron chi connectivity index (χ0n) is 22.1. The maximum atomic E-state index is 14.0. The van der Waals surface area contributed by atoms with Crippen molar-refractivity contribution in [1.82, 2.24) is 40.1 Å². The predicted molar refractivity (Wildman–Crippen MR) is 146 cm³/mol. The molecule has 2 aromatic carbocycles. The monoisotopic (exact) mass is 594 g/mol. The number of hydrogen-bond acceptors (Lipinski definition) is 11. The summed E-state index contributed by atoms with van der Waals surface area (Å²) in [5, 5.41) is 19.1. The highest BCUT2D eigenvalue weighted by Crippen LogP contribution is 2.47. The second-order valence-electron chi connectivity index (χ2n) is 10.1. The fourth-order valence-corrected chi connectivity index (χ4v) is 8.40. The molecule has 2 fully saturated rings. The third kappa shape index (κ3) is 4.68. The van der Waals surface area contributed by atoms with E-state index in [-0.39, 0.29) is 13.0 Å². The molecule has 212 valence electrons. The van der Waals surface area contributed by atoms with Crippen molar-refractivity contribution in [3.63, 3.8) is 0 Å². The maximum absolute atomic E-state index is 14.0. The van der Waals surface area contributed by atoms with E-state index in [0.29, 0.717) is 16.6 Å². The third-order valence-corrected chi connectivity index (χ3v) is 11.3. The van der Waals surface area contributed by atoms with Gasteiger partial charge in [-0.3, -0.25) is 9.48 Å². The number of thioether (sulfide) groups is 1. The van der Waals surface area contributed by atoms with E-state index in [9.17, 15) is 18.0 Å². The predicted octanol–water partition coefficient (Wildman–Crippen LogP) is 1.54. The molecule has 4 heterocycles. The minimum atomic E-state index is -3.98. The first-order valence-electron chi connectivity index (χ1n) is 12.8. The number of rotatable bonds is 9. The molecule has 0 N–H and O–H groups in total. The lowest BCUT2D eigenvalue weighted by atomic mass is 9.95. The van der Waals surface area contributed by atoms with E-state index in [0.717, 1.165) is 16.0 Å². The molecule has 3 atom stereocenters. The number of aromatic nitrogens is 7. The number of aryl methyl sites for hydroxylation is 1. The largest absolute Gasteiger partial charge is 0.451 e. The van der Waals surface area contributed by atoms with Crippen molar-refractivity contribution in [2.24, 2.45) is 7.05 Å². The summed E-state index contributed by atoms with van der Waals surface area (Å²) < 4.78 is 34.9. The van der Waals surface area contributed by atoms with E-state index >= 15 is 0 Å². The zero-order chi connectivity index (χ0) is 28.8. The van der Waals surface area contributed by atoms with Gasteiger partial charge in [0, 0.05) is 19.0 Å². The highest BCUT2D eigenvalue weighted by atomic mass is 32.2. The topological polar surface area (TPSA) is 155 Å². The van der Waals surface area contributed by atoms with Crippen LogP contribution in [0.2, 0.25) is 0 Å². The van der Waals surface area contributed by atoms with E-state index < -0.39 is 44.0 Å². The van der Waals surface area contributed by atoms with Gasteiger partial charge in [-0.15, -0.1) is 10.2 Å². The number of tetrazole rings is 1. The number of esters is 1. The molecule has 0 aliphatic carbocycles. The Bertz CT molecular complexity index is 1660. The van der Waals surface area contributed by atoms with Crippen molar-refractivity contribution in [3.05, 3.63) is 83.7 Å². The molecule has 2 saturated heterocycles. The zero-order valence-corrected chi connectivity index (χ0v) is 23.8. The molecule has 0 spiro atoms. The summed E-state index contributed by atoms with van der Waals surface area (Å²) in [6, 6.07) is 17.0. The van der Waals surface area contributed by atoms with Crippen molar-refractivity contribution in [2.45, 2.75) is 53.1 Å². The van der Waals surface area contributed by atoms with Crippen LogP contribution in [0, 0.1) is 0 Å². The summed E-state index contributed by atoms with van der Waals surface area (Å²) >= 11 is 1.35. The van der Waals surface area contributed by atoms with Gasteiger partial charge in [-0.2, -0.15) is 0 Å². The summed E-state index contributed by atoms with van der Waals surface area (Å²) in [5.41, 5.74) is 2.01.